The molecular weight excluding hydrogens is 400 g/mol. The van der Waals surface area contributed by atoms with Crippen LogP contribution in [0.15, 0.2) is 52.4 Å². The van der Waals surface area contributed by atoms with E-state index >= 15 is 0 Å². The van der Waals surface area contributed by atoms with Crippen LogP contribution in [0.5, 0.6) is 0 Å². The van der Waals surface area contributed by atoms with Crippen molar-refractivity contribution < 1.29 is 9.21 Å². The van der Waals surface area contributed by atoms with Crippen LogP contribution in [0.1, 0.15) is 0 Å². The zero-order valence-electron chi connectivity index (χ0n) is 14.9. The Bertz CT molecular complexity index is 946. The molecule has 3 heterocycles. The van der Waals surface area contributed by atoms with Crippen molar-refractivity contribution in [3.05, 3.63) is 47.7 Å². The molecule has 0 radical (unpaired) electrons. The predicted molar refractivity (Wildman–Crippen MR) is 106 cm³/mol. The average molecular weight is 417 g/mol. The van der Waals surface area contributed by atoms with Gasteiger partial charge < -0.3 is 14.2 Å². The van der Waals surface area contributed by atoms with Crippen LogP contribution in [0.4, 0.5) is 5.95 Å². The maximum Gasteiger partial charge on any atom is 0.277 e. The molecule has 3 aromatic rings. The number of piperazine rings is 1. The number of hydrogen-bond acceptors (Lipinski definition) is 8. The van der Waals surface area contributed by atoms with Gasteiger partial charge in [0.15, 0.2) is 0 Å². The second kappa shape index (κ2) is 8.57. The molecule has 1 aliphatic heterocycles. The maximum absolute atomic E-state index is 12.5. The highest BCUT2D eigenvalue weighted by atomic mass is 35.5. The van der Waals surface area contributed by atoms with Crippen molar-refractivity contribution in [2.75, 3.05) is 36.8 Å². The number of aromatic nitrogens is 4. The van der Waals surface area contributed by atoms with Gasteiger partial charge in [-0.05, 0) is 24.3 Å². The molecule has 10 heteroatoms. The van der Waals surface area contributed by atoms with Gasteiger partial charge in [-0.1, -0.05) is 29.4 Å². The second-order valence-corrected chi connectivity index (χ2v) is 7.45. The number of amides is 1. The number of carbonyl (C=O) groups is 1. The van der Waals surface area contributed by atoms with E-state index in [4.69, 9.17) is 16.0 Å². The van der Waals surface area contributed by atoms with Crippen molar-refractivity contribution in [1.82, 2.24) is 25.1 Å². The summed E-state index contributed by atoms with van der Waals surface area (Å²) in [6, 6.07) is 8.98. The Labute approximate surface area is 170 Å². The standard InChI is InChI=1S/C18H17ClN6O2S/c19-14-4-1-3-13(11-14)16-22-23-18(27-16)28-12-15(26)24-7-9-25(10-8-24)17-20-5-2-6-21-17/h1-6,11H,7-10,12H2. The number of halogens is 1. The summed E-state index contributed by atoms with van der Waals surface area (Å²) in [5.74, 6) is 1.37. The Morgan fingerprint density at radius 1 is 1.11 bits per heavy atom. The molecule has 0 bridgehead atoms. The van der Waals surface area contributed by atoms with E-state index in [9.17, 15) is 4.79 Å². The fourth-order valence-electron chi connectivity index (χ4n) is 2.83. The van der Waals surface area contributed by atoms with Crippen LogP contribution in [0.25, 0.3) is 11.5 Å². The Balaban J connectivity index is 1.28. The molecule has 144 valence electrons. The lowest BCUT2D eigenvalue weighted by Crippen LogP contribution is -2.49. The van der Waals surface area contributed by atoms with E-state index < -0.39 is 0 Å². The van der Waals surface area contributed by atoms with Crippen LogP contribution in [-0.2, 0) is 4.79 Å². The van der Waals surface area contributed by atoms with Crippen molar-refractivity contribution in [2.45, 2.75) is 5.22 Å². The number of rotatable bonds is 5. The number of benzene rings is 1. The molecule has 0 aliphatic carbocycles. The molecule has 1 saturated heterocycles. The third-order valence-electron chi connectivity index (χ3n) is 4.26. The molecule has 8 nitrogen and oxygen atoms in total. The van der Waals surface area contributed by atoms with Gasteiger partial charge in [-0.3, -0.25) is 4.79 Å². The highest BCUT2D eigenvalue weighted by Gasteiger charge is 2.23. The van der Waals surface area contributed by atoms with E-state index in [0.29, 0.717) is 48.3 Å². The number of carbonyl (C=O) groups excluding carboxylic acids is 1. The average Bonchev–Trinajstić information content (AvgIpc) is 3.22. The van der Waals surface area contributed by atoms with Crippen molar-refractivity contribution in [3.63, 3.8) is 0 Å². The lowest BCUT2D eigenvalue weighted by molar-refractivity contribution is -0.128. The minimum absolute atomic E-state index is 0.0427. The van der Waals surface area contributed by atoms with Crippen molar-refractivity contribution in [1.29, 1.82) is 0 Å². The van der Waals surface area contributed by atoms with E-state index in [-0.39, 0.29) is 11.7 Å². The van der Waals surface area contributed by atoms with E-state index in [0.717, 1.165) is 5.56 Å². The summed E-state index contributed by atoms with van der Waals surface area (Å²) in [6.45, 7) is 2.68. The fraction of sp³-hybridized carbons (Fsp3) is 0.278. The summed E-state index contributed by atoms with van der Waals surface area (Å²) in [5, 5.41) is 8.98. The normalized spacial score (nSPS) is 14.3. The van der Waals surface area contributed by atoms with Crippen molar-refractivity contribution >= 4 is 35.2 Å². The van der Waals surface area contributed by atoms with Crippen LogP contribution in [0, 0.1) is 0 Å². The lowest BCUT2D eigenvalue weighted by Gasteiger charge is -2.34. The van der Waals surface area contributed by atoms with Gasteiger partial charge in [0.2, 0.25) is 17.7 Å². The molecule has 1 aliphatic rings. The summed E-state index contributed by atoms with van der Waals surface area (Å²) in [4.78, 5) is 24.9. The van der Waals surface area contributed by atoms with Crippen molar-refractivity contribution in [3.8, 4) is 11.5 Å². The Hall–Kier alpha value is -2.65. The molecule has 0 spiro atoms. The molecule has 0 unspecified atom stereocenters. The number of thioether (sulfide) groups is 1. The molecule has 2 aromatic heterocycles. The molecule has 1 amide bonds. The third kappa shape index (κ3) is 4.42. The van der Waals surface area contributed by atoms with Gasteiger partial charge in [0, 0.05) is 49.2 Å². The van der Waals surface area contributed by atoms with Crippen LogP contribution in [-0.4, -0.2) is 62.9 Å². The van der Waals surface area contributed by atoms with E-state index in [1.54, 1.807) is 30.6 Å². The summed E-state index contributed by atoms with van der Waals surface area (Å²) in [5.41, 5.74) is 0.748. The first-order valence-electron chi connectivity index (χ1n) is 8.71. The Kier molecular flexibility index (Phi) is 5.73. The monoisotopic (exact) mass is 416 g/mol. The second-order valence-electron chi connectivity index (χ2n) is 6.09. The maximum atomic E-state index is 12.5. The smallest absolute Gasteiger partial charge is 0.277 e. The fourth-order valence-corrected chi connectivity index (χ4v) is 3.69. The van der Waals surface area contributed by atoms with Gasteiger partial charge >= 0.3 is 0 Å². The minimum atomic E-state index is 0.0427. The van der Waals surface area contributed by atoms with Gasteiger partial charge in [0.25, 0.3) is 5.22 Å². The molecule has 0 N–H and O–H groups in total. The van der Waals surface area contributed by atoms with Crippen LogP contribution < -0.4 is 4.90 Å². The van der Waals surface area contributed by atoms with E-state index in [2.05, 4.69) is 25.1 Å². The molecule has 0 saturated carbocycles. The van der Waals surface area contributed by atoms with Crippen LogP contribution >= 0.6 is 23.4 Å². The van der Waals surface area contributed by atoms with Gasteiger partial charge in [-0.25, -0.2) is 9.97 Å². The van der Waals surface area contributed by atoms with Gasteiger partial charge in [-0.2, -0.15) is 0 Å². The lowest BCUT2D eigenvalue weighted by atomic mass is 10.2. The molecule has 0 atom stereocenters. The number of nitrogens with zero attached hydrogens (tertiary/aromatic N) is 6. The highest BCUT2D eigenvalue weighted by Crippen LogP contribution is 2.25. The summed E-state index contributed by atoms with van der Waals surface area (Å²) >= 11 is 7.22. The summed E-state index contributed by atoms with van der Waals surface area (Å²) < 4.78 is 5.62. The summed E-state index contributed by atoms with van der Waals surface area (Å²) in [7, 11) is 0. The third-order valence-corrected chi connectivity index (χ3v) is 5.30. The first-order chi connectivity index (χ1) is 13.7. The minimum Gasteiger partial charge on any atom is -0.411 e. The predicted octanol–water partition coefficient (Wildman–Crippen LogP) is 2.62. The van der Waals surface area contributed by atoms with E-state index in [1.165, 1.54) is 11.8 Å². The molecule has 1 aromatic carbocycles. The van der Waals surface area contributed by atoms with Crippen molar-refractivity contribution in [2.24, 2.45) is 0 Å². The van der Waals surface area contributed by atoms with Gasteiger partial charge in [-0.15, -0.1) is 10.2 Å². The van der Waals surface area contributed by atoms with Crippen LogP contribution in [0.3, 0.4) is 0 Å². The highest BCUT2D eigenvalue weighted by molar-refractivity contribution is 7.99. The largest absolute Gasteiger partial charge is 0.411 e. The molecule has 1 fully saturated rings. The zero-order chi connectivity index (χ0) is 19.3. The van der Waals surface area contributed by atoms with Crippen LogP contribution in [0.2, 0.25) is 5.02 Å². The SMILES string of the molecule is O=C(CSc1nnc(-c2cccc(Cl)c2)o1)N1CCN(c2ncccn2)CC1. The number of hydrogen-bond donors (Lipinski definition) is 0. The quantitative estimate of drug-likeness (QED) is 0.586. The van der Waals surface area contributed by atoms with Gasteiger partial charge in [0.05, 0.1) is 5.75 Å². The molecule has 4 rings (SSSR count). The first-order valence-corrected chi connectivity index (χ1v) is 10.1. The van der Waals surface area contributed by atoms with Gasteiger partial charge in [0.1, 0.15) is 0 Å². The Morgan fingerprint density at radius 3 is 2.64 bits per heavy atom. The number of anilines is 1. The Morgan fingerprint density at radius 2 is 1.89 bits per heavy atom. The molecule has 28 heavy (non-hydrogen) atoms. The van der Waals surface area contributed by atoms with E-state index in [1.807, 2.05) is 17.0 Å². The molecular formula is C18H17ClN6O2S. The zero-order valence-corrected chi connectivity index (χ0v) is 16.4. The topological polar surface area (TPSA) is 88.3 Å². The summed E-state index contributed by atoms with van der Waals surface area (Å²) in [6.07, 6.45) is 3.44. The first kappa shape index (κ1) is 18.7.